The topological polar surface area (TPSA) is 94.2 Å². The van der Waals surface area contributed by atoms with Crippen molar-refractivity contribution in [2.45, 2.75) is 32.4 Å². The summed E-state index contributed by atoms with van der Waals surface area (Å²) >= 11 is 0. The van der Waals surface area contributed by atoms with E-state index in [1.165, 1.54) is 24.2 Å². The Morgan fingerprint density at radius 1 is 1.30 bits per heavy atom. The highest BCUT2D eigenvalue weighted by Crippen LogP contribution is 2.38. The van der Waals surface area contributed by atoms with Crippen LogP contribution in [0, 0.1) is 0 Å². The second kappa shape index (κ2) is 7.21. The normalized spacial score (nSPS) is 16.0. The van der Waals surface area contributed by atoms with Crippen LogP contribution in [0.15, 0.2) is 30.6 Å². The second-order valence-corrected chi connectivity index (χ2v) is 7.13. The number of fused-ring (bicyclic) bond motifs is 3. The van der Waals surface area contributed by atoms with E-state index in [9.17, 15) is 18.0 Å². The molecule has 7 nitrogen and oxygen atoms in total. The van der Waals surface area contributed by atoms with E-state index in [1.54, 1.807) is 6.07 Å². The highest BCUT2D eigenvalue weighted by Gasteiger charge is 2.31. The maximum absolute atomic E-state index is 12.8. The summed E-state index contributed by atoms with van der Waals surface area (Å²) < 4.78 is 43.7. The molecule has 2 N–H and O–H groups in total. The molecule has 0 aromatic carbocycles. The molecule has 156 valence electrons. The Balaban J connectivity index is 1.59. The van der Waals surface area contributed by atoms with Crippen molar-refractivity contribution in [3.05, 3.63) is 58.7 Å². The van der Waals surface area contributed by atoms with Crippen molar-refractivity contribution in [3.8, 4) is 0 Å². The van der Waals surface area contributed by atoms with Crippen LogP contribution in [-0.2, 0) is 24.1 Å². The summed E-state index contributed by atoms with van der Waals surface area (Å²) in [5.41, 5.74) is 7.96. The van der Waals surface area contributed by atoms with Gasteiger partial charge in [-0.25, -0.2) is 9.97 Å². The lowest BCUT2D eigenvalue weighted by Gasteiger charge is -2.17. The van der Waals surface area contributed by atoms with Gasteiger partial charge in [0.1, 0.15) is 11.5 Å². The van der Waals surface area contributed by atoms with Crippen LogP contribution in [0.4, 0.5) is 19.0 Å². The Kier molecular flexibility index (Phi) is 4.81. The van der Waals surface area contributed by atoms with Crippen molar-refractivity contribution in [2.24, 2.45) is 0 Å². The van der Waals surface area contributed by atoms with Gasteiger partial charge in [-0.2, -0.15) is 13.2 Å². The molecule has 30 heavy (non-hydrogen) atoms. The molecular weight excluding hydrogens is 399 g/mol. The predicted octanol–water partition coefficient (Wildman–Crippen LogP) is 3.49. The quantitative estimate of drug-likeness (QED) is 0.701. The minimum Gasteiger partial charge on any atom is -0.383 e. The number of amides is 1. The minimum absolute atomic E-state index is 0.0366. The van der Waals surface area contributed by atoms with Gasteiger partial charge in [-0.1, -0.05) is 0 Å². The summed E-state index contributed by atoms with van der Waals surface area (Å²) in [6, 6.07) is 3.83. The third kappa shape index (κ3) is 3.54. The number of pyridine rings is 3. The lowest BCUT2D eigenvalue weighted by atomic mass is 10.0. The fourth-order valence-electron chi connectivity index (χ4n) is 3.48. The van der Waals surface area contributed by atoms with Gasteiger partial charge in [0.25, 0.3) is 5.91 Å². The Bertz CT molecular complexity index is 1130. The van der Waals surface area contributed by atoms with Crippen LogP contribution in [-0.4, -0.2) is 32.8 Å². The zero-order valence-corrected chi connectivity index (χ0v) is 16.2. The lowest BCUT2D eigenvalue weighted by Crippen LogP contribution is -2.27. The maximum atomic E-state index is 12.8. The van der Waals surface area contributed by atoms with Crippen molar-refractivity contribution in [1.82, 2.24) is 19.9 Å². The summed E-state index contributed by atoms with van der Waals surface area (Å²) in [5, 5.41) is 0.739. The molecule has 10 heteroatoms. The van der Waals surface area contributed by atoms with Crippen molar-refractivity contribution in [2.75, 3.05) is 12.8 Å². The lowest BCUT2D eigenvalue weighted by molar-refractivity contribution is -0.137. The average Bonchev–Trinajstić information content (AvgIpc) is 3.09. The SMILES string of the molecule is C[C@H]1OCc2c1c(N)nc1cnc(C(=O)N(C)Cc3ccc(C(F)(F)F)cn3)cc21. The van der Waals surface area contributed by atoms with Crippen LogP contribution in [0.1, 0.15) is 45.9 Å². The highest BCUT2D eigenvalue weighted by atomic mass is 19.4. The van der Waals surface area contributed by atoms with Crippen LogP contribution in [0.3, 0.4) is 0 Å². The fourth-order valence-corrected chi connectivity index (χ4v) is 3.48. The van der Waals surface area contributed by atoms with Gasteiger partial charge < -0.3 is 15.4 Å². The van der Waals surface area contributed by atoms with Crippen LogP contribution in [0.25, 0.3) is 10.9 Å². The van der Waals surface area contributed by atoms with Gasteiger partial charge in [-0.3, -0.25) is 9.78 Å². The Morgan fingerprint density at radius 2 is 2.07 bits per heavy atom. The van der Waals surface area contributed by atoms with Gasteiger partial charge in [0.05, 0.1) is 42.2 Å². The zero-order valence-electron chi connectivity index (χ0n) is 16.2. The van der Waals surface area contributed by atoms with Crippen LogP contribution in [0.2, 0.25) is 0 Å². The monoisotopic (exact) mass is 417 g/mol. The molecular formula is C20H18F3N5O2. The molecule has 0 bridgehead atoms. The summed E-state index contributed by atoms with van der Waals surface area (Å²) in [6.07, 6.45) is -2.41. The number of nitrogens with two attached hydrogens (primary N) is 1. The molecule has 1 aliphatic heterocycles. The van der Waals surface area contributed by atoms with Crippen molar-refractivity contribution >= 4 is 22.6 Å². The number of rotatable bonds is 3. The summed E-state index contributed by atoms with van der Waals surface area (Å²) in [5.74, 6) is -0.00925. The van der Waals surface area contributed by atoms with E-state index in [1.807, 2.05) is 6.92 Å². The molecule has 0 aliphatic carbocycles. The number of ether oxygens (including phenoxy) is 1. The molecule has 0 saturated heterocycles. The molecule has 3 aromatic rings. The molecule has 1 aliphatic rings. The Hall–Kier alpha value is -3.27. The van der Waals surface area contributed by atoms with Crippen LogP contribution in [0.5, 0.6) is 0 Å². The minimum atomic E-state index is -4.46. The predicted molar refractivity (Wildman–Crippen MR) is 102 cm³/mol. The molecule has 0 fully saturated rings. The molecule has 0 saturated carbocycles. The van der Waals surface area contributed by atoms with E-state index >= 15 is 0 Å². The average molecular weight is 417 g/mol. The smallest absolute Gasteiger partial charge is 0.383 e. The third-order valence-corrected chi connectivity index (χ3v) is 5.05. The van der Waals surface area contributed by atoms with Crippen LogP contribution >= 0.6 is 0 Å². The fraction of sp³-hybridized carbons (Fsp3) is 0.300. The second-order valence-electron chi connectivity index (χ2n) is 7.13. The van der Waals surface area contributed by atoms with Gasteiger partial charge in [0.2, 0.25) is 0 Å². The number of anilines is 1. The van der Waals surface area contributed by atoms with Gasteiger partial charge >= 0.3 is 6.18 Å². The molecule has 0 unspecified atom stereocenters. The number of nitrogen functional groups attached to an aromatic ring is 1. The van der Waals surface area contributed by atoms with E-state index in [0.29, 0.717) is 23.6 Å². The van der Waals surface area contributed by atoms with E-state index < -0.39 is 17.6 Å². The molecule has 0 spiro atoms. The molecule has 4 rings (SSSR count). The first kappa shape index (κ1) is 20.0. The molecule has 1 amide bonds. The first-order chi connectivity index (χ1) is 14.1. The molecule has 0 radical (unpaired) electrons. The highest BCUT2D eigenvalue weighted by molar-refractivity contribution is 5.97. The number of hydrogen-bond donors (Lipinski definition) is 1. The van der Waals surface area contributed by atoms with Gasteiger partial charge in [0, 0.05) is 24.2 Å². The van der Waals surface area contributed by atoms with Gasteiger partial charge in [-0.05, 0) is 30.7 Å². The van der Waals surface area contributed by atoms with Crippen LogP contribution < -0.4 is 5.73 Å². The number of alkyl halides is 3. The first-order valence-electron chi connectivity index (χ1n) is 9.12. The maximum Gasteiger partial charge on any atom is 0.417 e. The molecule has 3 aromatic heterocycles. The van der Waals surface area contributed by atoms with E-state index in [-0.39, 0.29) is 18.3 Å². The molecule has 1 atom stereocenters. The standard InChI is InChI=1S/C20H18F3N5O2/c1-10-17-14(9-30-10)13-5-15(26-7-16(13)27-18(17)24)19(29)28(2)8-12-4-3-11(6-25-12)20(21,22)23/h3-7,10H,8-9H2,1-2H3,(H2,24,27)/t10-/m1/s1. The largest absolute Gasteiger partial charge is 0.417 e. The Labute approximate surface area is 169 Å². The number of hydrogen-bond acceptors (Lipinski definition) is 6. The molecule has 4 heterocycles. The number of aromatic nitrogens is 3. The van der Waals surface area contributed by atoms with E-state index in [2.05, 4.69) is 15.0 Å². The first-order valence-corrected chi connectivity index (χ1v) is 9.12. The van der Waals surface area contributed by atoms with Crippen molar-refractivity contribution < 1.29 is 22.7 Å². The summed E-state index contributed by atoms with van der Waals surface area (Å²) in [7, 11) is 1.53. The number of halogens is 3. The van der Waals surface area contributed by atoms with E-state index in [4.69, 9.17) is 10.5 Å². The number of carbonyl (C=O) groups excluding carboxylic acids is 1. The number of carbonyl (C=O) groups is 1. The van der Waals surface area contributed by atoms with E-state index in [0.717, 1.165) is 28.8 Å². The summed E-state index contributed by atoms with van der Waals surface area (Å²) in [4.78, 5) is 26.5. The van der Waals surface area contributed by atoms with Crippen molar-refractivity contribution in [3.63, 3.8) is 0 Å². The van der Waals surface area contributed by atoms with Gasteiger partial charge in [-0.15, -0.1) is 0 Å². The zero-order chi connectivity index (χ0) is 21.6. The summed E-state index contributed by atoms with van der Waals surface area (Å²) in [6.45, 7) is 2.28. The number of nitrogens with zero attached hydrogens (tertiary/aromatic N) is 4. The van der Waals surface area contributed by atoms with Gasteiger partial charge in [0.15, 0.2) is 0 Å². The third-order valence-electron chi connectivity index (χ3n) is 5.05. The van der Waals surface area contributed by atoms with Crippen molar-refractivity contribution in [1.29, 1.82) is 0 Å². The Morgan fingerprint density at radius 3 is 2.73 bits per heavy atom.